The van der Waals surface area contributed by atoms with Crippen LogP contribution in [0, 0.1) is 5.92 Å². The Hall–Kier alpha value is -0.340. The largest absolute Gasteiger partial charge is 0.372 e. The highest BCUT2D eigenvalue weighted by Crippen LogP contribution is 2.34. The Kier molecular flexibility index (Phi) is 9.41. The van der Waals surface area contributed by atoms with Gasteiger partial charge in [0.05, 0.1) is 12.7 Å². The Bertz CT molecular complexity index is 453. The van der Waals surface area contributed by atoms with Crippen molar-refractivity contribution in [2.45, 2.75) is 83.7 Å². The van der Waals surface area contributed by atoms with Crippen molar-refractivity contribution < 1.29 is 4.74 Å². The van der Waals surface area contributed by atoms with E-state index in [1.807, 2.05) is 0 Å². The Morgan fingerprint density at radius 3 is 2.62 bits per heavy atom. The Labute approximate surface area is 157 Å². The molecule has 2 atom stereocenters. The lowest BCUT2D eigenvalue weighted by Gasteiger charge is -2.24. The molecule has 1 aromatic rings. The minimum Gasteiger partial charge on any atom is -0.372 e. The fourth-order valence-electron chi connectivity index (χ4n) is 3.83. The van der Waals surface area contributed by atoms with Gasteiger partial charge < -0.3 is 4.74 Å². The minimum atomic E-state index is 0.184. The van der Waals surface area contributed by atoms with Gasteiger partial charge >= 0.3 is 0 Å². The molecule has 0 bridgehead atoms. The lowest BCUT2D eigenvalue weighted by atomic mass is 9.83. The second kappa shape index (κ2) is 11.3. The van der Waals surface area contributed by atoms with Crippen LogP contribution in [0.25, 0.3) is 0 Å². The van der Waals surface area contributed by atoms with Crippen molar-refractivity contribution in [2.24, 2.45) is 5.92 Å². The van der Waals surface area contributed by atoms with Gasteiger partial charge in [-0.1, -0.05) is 92.6 Å². The molecule has 2 rings (SSSR count). The lowest BCUT2D eigenvalue weighted by Crippen LogP contribution is -2.14. The van der Waals surface area contributed by atoms with Crippen LogP contribution in [-0.4, -0.2) is 11.9 Å². The summed E-state index contributed by atoms with van der Waals surface area (Å²) in [4.78, 5) is 0. The van der Waals surface area contributed by atoms with Crippen LogP contribution in [0.3, 0.4) is 0 Å². The van der Waals surface area contributed by atoms with Crippen molar-refractivity contribution >= 4 is 15.9 Å². The number of rotatable bonds is 10. The first kappa shape index (κ1) is 20.0. The molecule has 0 aliphatic heterocycles. The van der Waals surface area contributed by atoms with Crippen LogP contribution in [0.15, 0.2) is 24.3 Å². The molecule has 0 heterocycles. The summed E-state index contributed by atoms with van der Waals surface area (Å²) in [5, 5.41) is 0.880. The highest BCUT2D eigenvalue weighted by Gasteiger charge is 2.18. The summed E-state index contributed by atoms with van der Waals surface area (Å²) in [5.74, 6) is 1.47. The SMILES string of the molecule is CCCCC(CC)COC(CBr)c1cccc(C2CCCCC2)c1. The van der Waals surface area contributed by atoms with Gasteiger partial charge in [-0.2, -0.15) is 0 Å². The second-order valence-electron chi connectivity index (χ2n) is 7.40. The van der Waals surface area contributed by atoms with Gasteiger partial charge in [0.1, 0.15) is 0 Å². The maximum Gasteiger partial charge on any atom is 0.0921 e. The van der Waals surface area contributed by atoms with Crippen LogP contribution in [0.2, 0.25) is 0 Å². The van der Waals surface area contributed by atoms with Gasteiger partial charge in [0.15, 0.2) is 0 Å². The van der Waals surface area contributed by atoms with Crippen LogP contribution < -0.4 is 0 Å². The molecular formula is C22H35BrO. The van der Waals surface area contributed by atoms with Gasteiger partial charge in [-0.25, -0.2) is 0 Å². The van der Waals surface area contributed by atoms with Gasteiger partial charge in [-0.15, -0.1) is 0 Å². The highest BCUT2D eigenvalue weighted by atomic mass is 79.9. The molecule has 0 amide bonds. The molecule has 1 fully saturated rings. The molecule has 0 saturated heterocycles. The third-order valence-electron chi connectivity index (χ3n) is 5.58. The summed E-state index contributed by atoms with van der Waals surface area (Å²) in [6.07, 6.45) is 12.2. The standard InChI is InChI=1S/C22H35BrO/c1-3-5-10-18(4-2)17-24-22(16-23)21-14-9-13-20(15-21)19-11-7-6-8-12-19/h9,13-15,18-19,22H,3-8,10-12,16-17H2,1-2H3. The Morgan fingerprint density at radius 1 is 1.17 bits per heavy atom. The maximum absolute atomic E-state index is 6.32. The molecule has 2 unspecified atom stereocenters. The summed E-state index contributed by atoms with van der Waals surface area (Å²) < 4.78 is 6.32. The average Bonchev–Trinajstić information content (AvgIpc) is 2.65. The summed E-state index contributed by atoms with van der Waals surface area (Å²) >= 11 is 3.67. The Morgan fingerprint density at radius 2 is 1.96 bits per heavy atom. The second-order valence-corrected chi connectivity index (χ2v) is 8.05. The fourth-order valence-corrected chi connectivity index (χ4v) is 4.39. The van der Waals surface area contributed by atoms with Crippen molar-refractivity contribution in [1.29, 1.82) is 0 Å². The van der Waals surface area contributed by atoms with E-state index < -0.39 is 0 Å². The molecule has 0 radical (unpaired) electrons. The summed E-state index contributed by atoms with van der Waals surface area (Å²) in [6.45, 7) is 5.45. The van der Waals surface area contributed by atoms with Crippen LogP contribution in [0.1, 0.15) is 94.8 Å². The van der Waals surface area contributed by atoms with Crippen LogP contribution >= 0.6 is 15.9 Å². The number of unbranched alkanes of at least 4 members (excludes halogenated alkanes) is 1. The summed E-state index contributed by atoms with van der Waals surface area (Å²) in [7, 11) is 0. The molecule has 1 aliphatic rings. The number of hydrogen-bond acceptors (Lipinski definition) is 1. The third-order valence-corrected chi connectivity index (χ3v) is 6.16. The fraction of sp³-hybridized carbons (Fsp3) is 0.727. The van der Waals surface area contributed by atoms with Gasteiger partial charge in [-0.3, -0.25) is 0 Å². The lowest BCUT2D eigenvalue weighted by molar-refractivity contribution is 0.0392. The van der Waals surface area contributed by atoms with E-state index in [0.717, 1.165) is 17.9 Å². The van der Waals surface area contributed by atoms with E-state index in [1.54, 1.807) is 0 Å². The first-order chi connectivity index (χ1) is 11.8. The van der Waals surface area contributed by atoms with Gasteiger partial charge in [0.2, 0.25) is 0 Å². The molecule has 136 valence electrons. The molecule has 1 aliphatic carbocycles. The van der Waals surface area contributed by atoms with E-state index in [9.17, 15) is 0 Å². The van der Waals surface area contributed by atoms with Gasteiger partial charge in [-0.05, 0) is 42.2 Å². The van der Waals surface area contributed by atoms with Crippen molar-refractivity contribution in [1.82, 2.24) is 0 Å². The van der Waals surface area contributed by atoms with Crippen molar-refractivity contribution in [3.63, 3.8) is 0 Å². The molecular weight excluding hydrogens is 360 g/mol. The summed E-state index contributed by atoms with van der Waals surface area (Å²) in [5.41, 5.74) is 2.88. The zero-order valence-corrected chi connectivity index (χ0v) is 17.2. The molecule has 0 N–H and O–H groups in total. The zero-order chi connectivity index (χ0) is 17.2. The summed E-state index contributed by atoms with van der Waals surface area (Å²) in [6, 6.07) is 9.20. The molecule has 0 aromatic heterocycles. The van der Waals surface area contributed by atoms with Gasteiger partial charge in [0.25, 0.3) is 0 Å². The van der Waals surface area contributed by atoms with Crippen LogP contribution in [0.5, 0.6) is 0 Å². The molecule has 1 saturated carbocycles. The topological polar surface area (TPSA) is 9.23 Å². The normalized spacial score (nSPS) is 18.5. The number of alkyl halides is 1. The zero-order valence-electron chi connectivity index (χ0n) is 15.6. The molecule has 1 nitrogen and oxygen atoms in total. The van der Waals surface area contributed by atoms with E-state index in [4.69, 9.17) is 4.74 Å². The van der Waals surface area contributed by atoms with E-state index in [1.165, 1.54) is 68.9 Å². The van der Waals surface area contributed by atoms with Gasteiger partial charge in [0, 0.05) is 5.33 Å². The first-order valence-corrected chi connectivity index (χ1v) is 11.2. The minimum absolute atomic E-state index is 0.184. The third kappa shape index (κ3) is 6.19. The molecule has 1 aromatic carbocycles. The quantitative estimate of drug-likeness (QED) is 0.375. The first-order valence-electron chi connectivity index (χ1n) is 10.1. The monoisotopic (exact) mass is 394 g/mol. The molecule has 24 heavy (non-hydrogen) atoms. The Balaban J connectivity index is 1.96. The number of halogens is 1. The van der Waals surface area contributed by atoms with Crippen molar-refractivity contribution in [3.8, 4) is 0 Å². The van der Waals surface area contributed by atoms with Crippen LogP contribution in [0.4, 0.5) is 0 Å². The predicted octanol–water partition coefficient (Wildman–Crippen LogP) is 7.40. The average molecular weight is 395 g/mol. The van der Waals surface area contributed by atoms with Crippen molar-refractivity contribution in [3.05, 3.63) is 35.4 Å². The van der Waals surface area contributed by atoms with Crippen molar-refractivity contribution in [2.75, 3.05) is 11.9 Å². The van der Waals surface area contributed by atoms with E-state index in [2.05, 4.69) is 54.0 Å². The maximum atomic E-state index is 6.32. The highest BCUT2D eigenvalue weighted by molar-refractivity contribution is 9.09. The van der Waals surface area contributed by atoms with Crippen LogP contribution in [-0.2, 0) is 4.74 Å². The van der Waals surface area contributed by atoms with E-state index in [-0.39, 0.29) is 6.10 Å². The smallest absolute Gasteiger partial charge is 0.0921 e. The number of benzene rings is 1. The number of ether oxygens (including phenoxy) is 1. The predicted molar refractivity (Wildman–Crippen MR) is 108 cm³/mol. The molecule has 2 heteroatoms. The van der Waals surface area contributed by atoms with E-state index >= 15 is 0 Å². The van der Waals surface area contributed by atoms with E-state index in [0.29, 0.717) is 5.92 Å². The number of hydrogen-bond donors (Lipinski definition) is 0. The molecule has 0 spiro atoms.